The summed E-state index contributed by atoms with van der Waals surface area (Å²) in [5.74, 6) is 0.834. The van der Waals surface area contributed by atoms with Crippen LogP contribution in [0.3, 0.4) is 0 Å². The topological polar surface area (TPSA) is 73.8 Å². The average molecular weight is 480 g/mol. The summed E-state index contributed by atoms with van der Waals surface area (Å²) in [7, 11) is 3.21. The lowest BCUT2D eigenvalue weighted by Gasteiger charge is -2.21. The number of fused-ring (bicyclic) bond motifs is 3. The van der Waals surface area contributed by atoms with Crippen LogP contribution in [0.2, 0.25) is 0 Å². The number of ether oxygens (including phenoxy) is 3. The van der Waals surface area contributed by atoms with E-state index >= 15 is 0 Å². The zero-order valence-electron chi connectivity index (χ0n) is 20.2. The summed E-state index contributed by atoms with van der Waals surface area (Å²) in [5.41, 5.74) is 2.83. The highest BCUT2D eigenvalue weighted by Crippen LogP contribution is 2.44. The Balaban J connectivity index is 2.13. The van der Waals surface area contributed by atoms with Gasteiger partial charge in [0.25, 0.3) is 0 Å². The number of rotatable bonds is 9. The largest absolute Gasteiger partial charge is 0.493 e. The third-order valence-corrected chi connectivity index (χ3v) is 6.95. The Morgan fingerprint density at radius 2 is 1.82 bits per heavy atom. The monoisotopic (exact) mass is 479 g/mol. The van der Waals surface area contributed by atoms with Crippen LogP contribution in [0.15, 0.2) is 36.7 Å². The summed E-state index contributed by atoms with van der Waals surface area (Å²) in [5, 5.41) is 1.92. The molecule has 0 aliphatic carbocycles. The van der Waals surface area contributed by atoms with E-state index in [1.165, 1.54) is 0 Å². The molecular formula is C26H29N3O4S. The number of hydrogen-bond acceptors (Lipinski definition) is 8. The standard InChI is InChI=1S/C26H29N3O4S/c1-6-29(7-2)15-18-24(26(30)33-8-3)22(16-9-10-19(31-4)20(13-16)32-5)23-17-11-12-27-14-21(17)34-25(23)28-18/h9-14H,6-8,15H2,1-5H3. The lowest BCUT2D eigenvalue weighted by molar-refractivity contribution is 0.0524. The van der Waals surface area contributed by atoms with Crippen LogP contribution in [0.4, 0.5) is 0 Å². The molecule has 3 heterocycles. The molecule has 8 heteroatoms. The van der Waals surface area contributed by atoms with E-state index in [1.807, 2.05) is 37.4 Å². The van der Waals surface area contributed by atoms with Gasteiger partial charge >= 0.3 is 5.97 Å². The minimum Gasteiger partial charge on any atom is -0.493 e. The Kier molecular flexibility index (Phi) is 7.29. The fraction of sp³-hybridized carbons (Fsp3) is 0.346. The van der Waals surface area contributed by atoms with Crippen LogP contribution >= 0.6 is 11.3 Å². The van der Waals surface area contributed by atoms with Crippen LogP contribution < -0.4 is 9.47 Å². The van der Waals surface area contributed by atoms with Gasteiger partial charge in [-0.1, -0.05) is 19.9 Å². The van der Waals surface area contributed by atoms with E-state index < -0.39 is 0 Å². The Morgan fingerprint density at radius 1 is 1.06 bits per heavy atom. The van der Waals surface area contributed by atoms with Gasteiger partial charge in [0.05, 0.1) is 36.8 Å². The summed E-state index contributed by atoms with van der Waals surface area (Å²) in [6.45, 7) is 8.54. The molecule has 0 radical (unpaired) electrons. The van der Waals surface area contributed by atoms with Crippen molar-refractivity contribution in [2.24, 2.45) is 0 Å². The molecular weight excluding hydrogens is 450 g/mol. The molecule has 4 rings (SSSR count). The van der Waals surface area contributed by atoms with Crippen molar-refractivity contribution >= 4 is 37.6 Å². The number of hydrogen-bond donors (Lipinski definition) is 0. The molecule has 178 valence electrons. The van der Waals surface area contributed by atoms with Crippen LogP contribution in [0.5, 0.6) is 11.5 Å². The molecule has 0 spiro atoms. The summed E-state index contributed by atoms with van der Waals surface area (Å²) < 4.78 is 17.6. The second kappa shape index (κ2) is 10.4. The van der Waals surface area contributed by atoms with E-state index in [9.17, 15) is 4.79 Å². The highest BCUT2D eigenvalue weighted by Gasteiger charge is 2.27. The van der Waals surface area contributed by atoms with Crippen LogP contribution in [0.1, 0.15) is 36.8 Å². The van der Waals surface area contributed by atoms with Gasteiger partial charge in [0.1, 0.15) is 4.83 Å². The highest BCUT2D eigenvalue weighted by molar-refractivity contribution is 7.25. The van der Waals surface area contributed by atoms with Gasteiger partial charge in [-0.2, -0.15) is 0 Å². The van der Waals surface area contributed by atoms with E-state index in [0.29, 0.717) is 29.3 Å². The maximum absolute atomic E-state index is 13.5. The van der Waals surface area contributed by atoms with Crippen molar-refractivity contribution in [3.8, 4) is 22.6 Å². The van der Waals surface area contributed by atoms with Crippen LogP contribution in [0.25, 0.3) is 31.4 Å². The maximum atomic E-state index is 13.5. The SMILES string of the molecule is CCOC(=O)c1c(CN(CC)CC)nc2sc3cnccc3c2c1-c1ccc(OC)c(OC)c1. The Morgan fingerprint density at radius 3 is 2.50 bits per heavy atom. The Bertz CT molecular complexity index is 1330. The van der Waals surface area contributed by atoms with Gasteiger partial charge in [-0.25, -0.2) is 9.78 Å². The molecule has 0 bridgehead atoms. The number of carbonyl (C=O) groups is 1. The number of esters is 1. The van der Waals surface area contributed by atoms with Gasteiger partial charge in [0.15, 0.2) is 11.5 Å². The number of benzene rings is 1. The van der Waals surface area contributed by atoms with Crippen LogP contribution in [0, 0.1) is 0 Å². The van der Waals surface area contributed by atoms with E-state index in [4.69, 9.17) is 19.2 Å². The lowest BCUT2D eigenvalue weighted by atomic mass is 9.94. The third-order valence-electron chi connectivity index (χ3n) is 5.92. The molecule has 4 aromatic rings. The zero-order chi connectivity index (χ0) is 24.2. The van der Waals surface area contributed by atoms with Gasteiger partial charge in [0.2, 0.25) is 0 Å². The smallest absolute Gasteiger partial charge is 0.340 e. The third kappa shape index (κ3) is 4.31. The van der Waals surface area contributed by atoms with Crippen molar-refractivity contribution in [2.75, 3.05) is 33.9 Å². The predicted molar refractivity (Wildman–Crippen MR) is 136 cm³/mol. The second-order valence-electron chi connectivity index (χ2n) is 7.71. The number of thiophene rings is 1. The molecule has 7 nitrogen and oxygen atoms in total. The van der Waals surface area contributed by atoms with Crippen molar-refractivity contribution in [1.29, 1.82) is 0 Å². The minimum absolute atomic E-state index is 0.279. The number of aromatic nitrogens is 2. The number of nitrogens with zero attached hydrogens (tertiary/aromatic N) is 3. The normalized spacial score (nSPS) is 11.4. The summed E-state index contributed by atoms with van der Waals surface area (Å²) in [4.78, 5) is 25.9. The first-order valence-electron chi connectivity index (χ1n) is 11.4. The summed E-state index contributed by atoms with van der Waals surface area (Å²) in [6, 6.07) is 7.68. The Hall–Kier alpha value is -3.23. The van der Waals surface area contributed by atoms with Crippen LogP contribution in [-0.4, -0.2) is 54.8 Å². The van der Waals surface area contributed by atoms with Crippen molar-refractivity contribution in [3.05, 3.63) is 47.9 Å². The van der Waals surface area contributed by atoms with Crippen molar-refractivity contribution in [1.82, 2.24) is 14.9 Å². The average Bonchev–Trinajstić information content (AvgIpc) is 3.24. The van der Waals surface area contributed by atoms with Gasteiger partial charge in [0, 0.05) is 35.3 Å². The first-order chi connectivity index (χ1) is 16.6. The molecule has 0 N–H and O–H groups in total. The van der Waals surface area contributed by atoms with E-state index in [2.05, 4.69) is 23.7 Å². The fourth-order valence-corrected chi connectivity index (χ4v) is 5.26. The molecule has 1 aromatic carbocycles. The lowest BCUT2D eigenvalue weighted by Crippen LogP contribution is -2.25. The molecule has 3 aromatic heterocycles. The second-order valence-corrected chi connectivity index (χ2v) is 8.74. The van der Waals surface area contributed by atoms with Crippen molar-refractivity contribution < 1.29 is 19.0 Å². The summed E-state index contributed by atoms with van der Waals surface area (Å²) in [6.07, 6.45) is 3.61. The van der Waals surface area contributed by atoms with Crippen molar-refractivity contribution in [3.63, 3.8) is 0 Å². The quantitative estimate of drug-likeness (QED) is 0.292. The van der Waals surface area contributed by atoms with Gasteiger partial charge in [-0.3, -0.25) is 9.88 Å². The molecule has 0 saturated carbocycles. The molecule has 0 aliphatic rings. The van der Waals surface area contributed by atoms with E-state index in [1.54, 1.807) is 31.8 Å². The minimum atomic E-state index is -0.378. The van der Waals surface area contributed by atoms with Crippen molar-refractivity contribution in [2.45, 2.75) is 27.3 Å². The van der Waals surface area contributed by atoms with Gasteiger partial charge < -0.3 is 14.2 Å². The summed E-state index contributed by atoms with van der Waals surface area (Å²) >= 11 is 1.58. The molecule has 0 aliphatic heterocycles. The molecule has 0 unspecified atom stereocenters. The zero-order valence-corrected chi connectivity index (χ0v) is 21.0. The van der Waals surface area contributed by atoms with E-state index in [-0.39, 0.29) is 12.6 Å². The fourth-order valence-electron chi connectivity index (χ4n) is 4.18. The molecule has 34 heavy (non-hydrogen) atoms. The number of methoxy groups -OCH3 is 2. The van der Waals surface area contributed by atoms with Gasteiger partial charge in [-0.15, -0.1) is 11.3 Å². The molecule has 0 saturated heterocycles. The Labute approximate surface area is 203 Å². The number of carbonyl (C=O) groups excluding carboxylic acids is 1. The highest BCUT2D eigenvalue weighted by atomic mass is 32.1. The molecule has 0 amide bonds. The molecule has 0 atom stereocenters. The number of pyridine rings is 2. The predicted octanol–water partition coefficient (Wildman–Crippen LogP) is 5.55. The molecule has 0 fully saturated rings. The van der Waals surface area contributed by atoms with Crippen LogP contribution in [-0.2, 0) is 11.3 Å². The first kappa shape index (κ1) is 23.9. The van der Waals surface area contributed by atoms with Gasteiger partial charge in [-0.05, 0) is 43.8 Å². The maximum Gasteiger partial charge on any atom is 0.340 e. The van der Waals surface area contributed by atoms with E-state index in [0.717, 1.165) is 44.5 Å². The first-order valence-corrected chi connectivity index (χ1v) is 12.2.